The normalized spacial score (nSPS) is 11.2. The van der Waals surface area contributed by atoms with Gasteiger partial charge >= 0.3 is 12.2 Å². The molecule has 0 atom stereocenters. The lowest BCUT2D eigenvalue weighted by molar-refractivity contribution is -0.137. The minimum atomic E-state index is -4.59. The third-order valence-electron chi connectivity index (χ3n) is 2.87. The molecule has 2 aromatic rings. The fraction of sp³-hybridized carbons (Fsp3) is 0.133. The number of rotatable bonds is 3. The molecule has 0 aliphatic rings. The monoisotopic (exact) mass is 362 g/mol. The molecule has 2 N–H and O–H groups in total. The van der Waals surface area contributed by atoms with E-state index < -0.39 is 22.8 Å². The maximum atomic E-state index is 12.7. The van der Waals surface area contributed by atoms with Crippen LogP contribution in [0.2, 0.25) is 10.0 Å². The number of anilines is 1. The zero-order chi connectivity index (χ0) is 17.0. The Bertz CT molecular complexity index is 720. The van der Waals surface area contributed by atoms with Gasteiger partial charge in [0.2, 0.25) is 0 Å². The van der Waals surface area contributed by atoms with Gasteiger partial charge in [-0.3, -0.25) is 0 Å². The molecule has 0 fully saturated rings. The molecule has 0 saturated carbocycles. The highest BCUT2D eigenvalue weighted by molar-refractivity contribution is 6.31. The Balaban J connectivity index is 2.00. The Hall–Kier alpha value is -1.92. The number of hydrogen-bond donors (Lipinski definition) is 2. The Morgan fingerprint density at radius 1 is 1.09 bits per heavy atom. The number of halogens is 5. The number of carbonyl (C=O) groups is 1. The lowest BCUT2D eigenvalue weighted by Gasteiger charge is -2.12. The Labute approximate surface area is 140 Å². The van der Waals surface area contributed by atoms with Crippen LogP contribution in [0, 0.1) is 0 Å². The maximum Gasteiger partial charge on any atom is 0.417 e. The smallest absolute Gasteiger partial charge is 0.334 e. The van der Waals surface area contributed by atoms with Crippen molar-refractivity contribution in [2.24, 2.45) is 0 Å². The van der Waals surface area contributed by atoms with Crippen LogP contribution in [-0.4, -0.2) is 6.03 Å². The maximum absolute atomic E-state index is 12.7. The summed E-state index contributed by atoms with van der Waals surface area (Å²) < 4.78 is 38.2. The first-order valence-corrected chi connectivity index (χ1v) is 7.17. The van der Waals surface area contributed by atoms with E-state index in [-0.39, 0.29) is 12.2 Å². The third kappa shape index (κ3) is 5.04. The van der Waals surface area contributed by atoms with Gasteiger partial charge in [0.15, 0.2) is 0 Å². The molecule has 2 aromatic carbocycles. The lowest BCUT2D eigenvalue weighted by Crippen LogP contribution is -2.28. The van der Waals surface area contributed by atoms with E-state index in [1.807, 2.05) is 0 Å². The van der Waals surface area contributed by atoms with Crippen LogP contribution in [0.4, 0.5) is 23.7 Å². The quantitative estimate of drug-likeness (QED) is 0.760. The number of benzene rings is 2. The van der Waals surface area contributed by atoms with Crippen LogP contribution in [0.15, 0.2) is 42.5 Å². The molecule has 2 rings (SSSR count). The van der Waals surface area contributed by atoms with Gasteiger partial charge in [0.25, 0.3) is 0 Å². The molecular weight excluding hydrogens is 352 g/mol. The molecule has 0 aliphatic heterocycles. The van der Waals surface area contributed by atoms with Gasteiger partial charge in [0, 0.05) is 17.3 Å². The molecular formula is C15H11Cl2F3N2O. The van der Waals surface area contributed by atoms with Crippen molar-refractivity contribution in [3.05, 3.63) is 63.6 Å². The molecule has 2 amide bonds. The fourth-order valence-corrected chi connectivity index (χ4v) is 2.26. The number of hydrogen-bond acceptors (Lipinski definition) is 1. The summed E-state index contributed by atoms with van der Waals surface area (Å²) in [7, 11) is 0. The van der Waals surface area contributed by atoms with Crippen LogP contribution in [0.1, 0.15) is 11.1 Å². The molecule has 23 heavy (non-hydrogen) atoms. The average Bonchev–Trinajstić information content (AvgIpc) is 2.46. The summed E-state index contributed by atoms with van der Waals surface area (Å²) in [5.74, 6) is 0. The van der Waals surface area contributed by atoms with Crippen molar-refractivity contribution in [1.29, 1.82) is 0 Å². The van der Waals surface area contributed by atoms with Crippen LogP contribution in [0.3, 0.4) is 0 Å². The van der Waals surface area contributed by atoms with Crippen molar-refractivity contribution in [3.8, 4) is 0 Å². The third-order valence-corrected chi connectivity index (χ3v) is 3.44. The lowest BCUT2D eigenvalue weighted by atomic mass is 10.2. The van der Waals surface area contributed by atoms with E-state index in [0.29, 0.717) is 5.02 Å². The highest BCUT2D eigenvalue weighted by Gasteiger charge is 2.33. The predicted octanol–water partition coefficient (Wildman–Crippen LogP) is 5.33. The van der Waals surface area contributed by atoms with Gasteiger partial charge in [-0.15, -0.1) is 0 Å². The van der Waals surface area contributed by atoms with E-state index in [2.05, 4.69) is 10.6 Å². The highest BCUT2D eigenvalue weighted by Crippen LogP contribution is 2.36. The number of amides is 2. The Kier molecular flexibility index (Phi) is 5.38. The number of carbonyl (C=O) groups excluding carboxylic acids is 1. The molecule has 0 spiro atoms. The van der Waals surface area contributed by atoms with Crippen molar-refractivity contribution >= 4 is 34.9 Å². The van der Waals surface area contributed by atoms with Gasteiger partial charge in [-0.25, -0.2) is 4.79 Å². The minimum Gasteiger partial charge on any atom is -0.334 e. The second-order valence-corrected chi connectivity index (χ2v) is 5.47. The first kappa shape index (κ1) is 17.4. The van der Waals surface area contributed by atoms with E-state index in [9.17, 15) is 18.0 Å². The van der Waals surface area contributed by atoms with Gasteiger partial charge in [-0.05, 0) is 35.9 Å². The average molecular weight is 363 g/mol. The van der Waals surface area contributed by atoms with Crippen LogP contribution in [0.5, 0.6) is 0 Å². The molecule has 0 heterocycles. The van der Waals surface area contributed by atoms with Crippen molar-refractivity contribution in [3.63, 3.8) is 0 Å². The summed E-state index contributed by atoms with van der Waals surface area (Å²) in [5.41, 5.74) is -0.253. The summed E-state index contributed by atoms with van der Waals surface area (Å²) in [4.78, 5) is 11.7. The topological polar surface area (TPSA) is 41.1 Å². The summed E-state index contributed by atoms with van der Waals surface area (Å²) in [6, 6.07) is 9.36. The Morgan fingerprint density at radius 2 is 1.83 bits per heavy atom. The van der Waals surface area contributed by atoms with Crippen molar-refractivity contribution in [2.75, 3.05) is 5.32 Å². The second-order valence-electron chi connectivity index (χ2n) is 4.63. The van der Waals surface area contributed by atoms with Gasteiger partial charge in [0.1, 0.15) is 0 Å². The van der Waals surface area contributed by atoms with E-state index in [0.717, 1.165) is 17.7 Å². The van der Waals surface area contributed by atoms with E-state index >= 15 is 0 Å². The largest absolute Gasteiger partial charge is 0.417 e. The number of nitrogens with one attached hydrogen (secondary N) is 2. The Morgan fingerprint density at radius 3 is 2.48 bits per heavy atom. The first-order valence-electron chi connectivity index (χ1n) is 6.42. The van der Waals surface area contributed by atoms with Crippen molar-refractivity contribution in [1.82, 2.24) is 5.32 Å². The summed E-state index contributed by atoms with van der Waals surface area (Å²) >= 11 is 11.3. The molecule has 0 radical (unpaired) electrons. The SMILES string of the molecule is O=C(NCc1cccc(Cl)c1)Nc1ccc(Cl)c(C(F)(F)F)c1. The minimum absolute atomic E-state index is 0.00896. The van der Waals surface area contributed by atoms with Crippen LogP contribution in [-0.2, 0) is 12.7 Å². The van der Waals surface area contributed by atoms with Crippen molar-refractivity contribution in [2.45, 2.75) is 12.7 Å². The molecule has 0 saturated heterocycles. The second kappa shape index (κ2) is 7.10. The van der Waals surface area contributed by atoms with E-state index in [4.69, 9.17) is 23.2 Å². The predicted molar refractivity (Wildman–Crippen MR) is 83.8 cm³/mol. The van der Waals surface area contributed by atoms with Crippen molar-refractivity contribution < 1.29 is 18.0 Å². The molecule has 0 aliphatic carbocycles. The van der Waals surface area contributed by atoms with Gasteiger partial charge in [-0.2, -0.15) is 13.2 Å². The van der Waals surface area contributed by atoms with Crippen LogP contribution in [0.25, 0.3) is 0 Å². The summed E-state index contributed by atoms with van der Waals surface area (Å²) in [5, 5.41) is 4.95. The number of urea groups is 1. The van der Waals surface area contributed by atoms with E-state index in [1.54, 1.807) is 24.3 Å². The van der Waals surface area contributed by atoms with Gasteiger partial charge in [0.05, 0.1) is 10.6 Å². The fourth-order valence-electron chi connectivity index (χ4n) is 1.82. The molecule has 0 unspecified atom stereocenters. The number of alkyl halides is 3. The highest BCUT2D eigenvalue weighted by atomic mass is 35.5. The summed E-state index contributed by atoms with van der Waals surface area (Å²) in [6.07, 6.45) is -4.59. The van der Waals surface area contributed by atoms with Crippen LogP contribution >= 0.6 is 23.2 Å². The molecule has 0 bridgehead atoms. The molecule has 122 valence electrons. The standard InChI is InChI=1S/C15H11Cl2F3N2O/c16-10-3-1-2-9(6-10)8-21-14(23)22-11-4-5-13(17)12(7-11)15(18,19)20/h1-7H,8H2,(H2,21,22,23). The molecule has 3 nitrogen and oxygen atoms in total. The van der Waals surface area contributed by atoms with Gasteiger partial charge < -0.3 is 10.6 Å². The summed E-state index contributed by atoms with van der Waals surface area (Å²) in [6.45, 7) is 0.187. The first-order chi connectivity index (χ1) is 10.8. The van der Waals surface area contributed by atoms with Gasteiger partial charge in [-0.1, -0.05) is 35.3 Å². The van der Waals surface area contributed by atoms with Crippen LogP contribution < -0.4 is 10.6 Å². The molecule has 8 heteroatoms. The van der Waals surface area contributed by atoms with E-state index in [1.165, 1.54) is 6.07 Å². The molecule has 0 aromatic heterocycles. The zero-order valence-electron chi connectivity index (χ0n) is 11.5. The zero-order valence-corrected chi connectivity index (χ0v) is 13.1.